The molecule has 0 bridgehead atoms. The molecule has 0 radical (unpaired) electrons. The first-order chi connectivity index (χ1) is 8.49. The zero-order valence-corrected chi connectivity index (χ0v) is 10.4. The molecule has 1 amide bonds. The summed E-state index contributed by atoms with van der Waals surface area (Å²) in [5.74, 6) is -0.484. The minimum absolute atomic E-state index is 0.0281. The molecule has 0 aliphatic rings. The number of carbonyl (C=O) groups is 2. The van der Waals surface area contributed by atoms with Gasteiger partial charge in [-0.05, 0) is 26.0 Å². The van der Waals surface area contributed by atoms with Crippen LogP contribution in [0.25, 0.3) is 0 Å². The van der Waals surface area contributed by atoms with Crippen LogP contribution in [0.4, 0.5) is 5.82 Å². The summed E-state index contributed by atoms with van der Waals surface area (Å²) in [6.45, 7) is 4.26. The molecule has 18 heavy (non-hydrogen) atoms. The molecule has 0 spiro atoms. The van der Waals surface area contributed by atoms with E-state index in [4.69, 9.17) is 5.11 Å². The monoisotopic (exact) mass is 251 g/mol. The molecule has 1 rings (SSSR count). The third-order valence-corrected chi connectivity index (χ3v) is 2.12. The van der Waals surface area contributed by atoms with Crippen molar-refractivity contribution in [3.05, 3.63) is 23.9 Å². The first-order valence-electron chi connectivity index (χ1n) is 5.71. The Morgan fingerprint density at radius 1 is 1.39 bits per heavy atom. The van der Waals surface area contributed by atoms with Crippen LogP contribution in [0.1, 0.15) is 30.6 Å². The molecule has 1 aromatic heterocycles. The second kappa shape index (κ2) is 6.58. The van der Waals surface area contributed by atoms with E-state index >= 15 is 0 Å². The first-order valence-corrected chi connectivity index (χ1v) is 5.71. The minimum Gasteiger partial charge on any atom is -0.478 e. The van der Waals surface area contributed by atoms with E-state index in [1.165, 1.54) is 12.3 Å². The summed E-state index contributed by atoms with van der Waals surface area (Å²) < 4.78 is 0. The van der Waals surface area contributed by atoms with Gasteiger partial charge in [0.25, 0.3) is 0 Å². The van der Waals surface area contributed by atoms with Gasteiger partial charge in [-0.1, -0.05) is 0 Å². The topological polar surface area (TPSA) is 91.3 Å². The Morgan fingerprint density at radius 3 is 2.61 bits per heavy atom. The van der Waals surface area contributed by atoms with Crippen molar-refractivity contribution in [1.82, 2.24) is 10.3 Å². The fourth-order valence-corrected chi connectivity index (χ4v) is 1.32. The second-order valence-electron chi connectivity index (χ2n) is 4.14. The van der Waals surface area contributed by atoms with E-state index in [2.05, 4.69) is 15.6 Å². The molecule has 0 aliphatic carbocycles. The summed E-state index contributed by atoms with van der Waals surface area (Å²) in [5, 5.41) is 14.4. The van der Waals surface area contributed by atoms with E-state index < -0.39 is 5.97 Å². The van der Waals surface area contributed by atoms with Crippen molar-refractivity contribution in [1.29, 1.82) is 0 Å². The molecule has 0 atom stereocenters. The van der Waals surface area contributed by atoms with Crippen molar-refractivity contribution in [3.63, 3.8) is 0 Å². The molecule has 0 unspecified atom stereocenters. The van der Waals surface area contributed by atoms with Gasteiger partial charge in [-0.3, -0.25) is 4.79 Å². The van der Waals surface area contributed by atoms with E-state index in [0.29, 0.717) is 18.8 Å². The van der Waals surface area contributed by atoms with Gasteiger partial charge in [0.05, 0.1) is 5.56 Å². The molecule has 6 heteroatoms. The quantitative estimate of drug-likeness (QED) is 0.704. The molecule has 0 aliphatic heterocycles. The van der Waals surface area contributed by atoms with Crippen LogP contribution in [0.2, 0.25) is 0 Å². The number of amides is 1. The highest BCUT2D eigenvalue weighted by atomic mass is 16.4. The maximum absolute atomic E-state index is 11.3. The summed E-state index contributed by atoms with van der Waals surface area (Å²) in [6, 6.07) is 3.17. The summed E-state index contributed by atoms with van der Waals surface area (Å²) in [6.07, 6.45) is 1.62. The van der Waals surface area contributed by atoms with E-state index in [0.717, 1.165) is 0 Å². The van der Waals surface area contributed by atoms with Crippen LogP contribution in [0.3, 0.4) is 0 Å². The fourth-order valence-electron chi connectivity index (χ4n) is 1.32. The fraction of sp³-hybridized carbons (Fsp3) is 0.417. The van der Waals surface area contributed by atoms with Gasteiger partial charge in [0, 0.05) is 25.2 Å². The molecule has 98 valence electrons. The Bertz CT molecular complexity index is 415. The summed E-state index contributed by atoms with van der Waals surface area (Å²) in [7, 11) is 0. The van der Waals surface area contributed by atoms with Crippen LogP contribution in [0.15, 0.2) is 18.3 Å². The van der Waals surface area contributed by atoms with Crippen LogP contribution in [0.5, 0.6) is 0 Å². The maximum atomic E-state index is 11.3. The summed E-state index contributed by atoms with van der Waals surface area (Å²) in [4.78, 5) is 25.9. The number of nitrogens with one attached hydrogen (secondary N) is 2. The van der Waals surface area contributed by atoms with Gasteiger partial charge < -0.3 is 15.7 Å². The molecule has 0 fully saturated rings. The number of anilines is 1. The van der Waals surface area contributed by atoms with E-state index in [1.807, 2.05) is 13.8 Å². The first kappa shape index (κ1) is 14.0. The summed E-state index contributed by atoms with van der Waals surface area (Å²) in [5.41, 5.74) is 0.137. The van der Waals surface area contributed by atoms with Crippen molar-refractivity contribution in [2.75, 3.05) is 11.9 Å². The van der Waals surface area contributed by atoms with Crippen molar-refractivity contribution >= 4 is 17.7 Å². The number of pyridine rings is 1. The average Bonchev–Trinajstić information content (AvgIpc) is 2.28. The van der Waals surface area contributed by atoms with Crippen molar-refractivity contribution < 1.29 is 14.7 Å². The zero-order chi connectivity index (χ0) is 13.5. The number of carboxylic acid groups (broad SMARTS) is 1. The van der Waals surface area contributed by atoms with Gasteiger partial charge in [-0.25, -0.2) is 9.78 Å². The molecule has 0 saturated heterocycles. The average molecular weight is 251 g/mol. The molecule has 0 aromatic carbocycles. The van der Waals surface area contributed by atoms with Crippen LogP contribution in [0, 0.1) is 0 Å². The number of nitrogens with zero attached hydrogens (tertiary/aromatic N) is 1. The van der Waals surface area contributed by atoms with Gasteiger partial charge in [0.15, 0.2) is 0 Å². The van der Waals surface area contributed by atoms with Crippen molar-refractivity contribution in [2.24, 2.45) is 0 Å². The SMILES string of the molecule is CC(C)NC(=O)CCNc1ccc(C(=O)O)cn1. The van der Waals surface area contributed by atoms with Gasteiger partial charge in [-0.2, -0.15) is 0 Å². The Kier molecular flexibility index (Phi) is 5.10. The van der Waals surface area contributed by atoms with Gasteiger partial charge in [0.2, 0.25) is 5.91 Å². The third-order valence-electron chi connectivity index (χ3n) is 2.12. The van der Waals surface area contributed by atoms with Crippen LogP contribution in [-0.4, -0.2) is 34.6 Å². The highest BCUT2D eigenvalue weighted by Gasteiger charge is 2.04. The molecule has 3 N–H and O–H groups in total. The predicted octanol–water partition coefficient (Wildman–Crippen LogP) is 1.11. The van der Waals surface area contributed by atoms with Gasteiger partial charge in [0.1, 0.15) is 5.82 Å². The summed E-state index contributed by atoms with van der Waals surface area (Å²) >= 11 is 0. The molecule has 0 saturated carbocycles. The Morgan fingerprint density at radius 2 is 2.11 bits per heavy atom. The number of carbonyl (C=O) groups excluding carboxylic acids is 1. The zero-order valence-electron chi connectivity index (χ0n) is 10.4. The minimum atomic E-state index is -1.01. The molecule has 6 nitrogen and oxygen atoms in total. The van der Waals surface area contributed by atoms with Crippen LogP contribution >= 0.6 is 0 Å². The lowest BCUT2D eigenvalue weighted by Crippen LogP contribution is -2.31. The highest BCUT2D eigenvalue weighted by Crippen LogP contribution is 2.04. The third kappa shape index (κ3) is 4.82. The number of aromatic carboxylic acids is 1. The number of hydrogen-bond donors (Lipinski definition) is 3. The molecular weight excluding hydrogens is 234 g/mol. The predicted molar refractivity (Wildman–Crippen MR) is 67.6 cm³/mol. The number of carboxylic acids is 1. The Balaban J connectivity index is 2.35. The highest BCUT2D eigenvalue weighted by molar-refractivity contribution is 5.87. The molecule has 1 aromatic rings. The van der Waals surface area contributed by atoms with Crippen molar-refractivity contribution in [2.45, 2.75) is 26.3 Å². The Hall–Kier alpha value is -2.11. The van der Waals surface area contributed by atoms with Gasteiger partial charge in [-0.15, -0.1) is 0 Å². The lowest BCUT2D eigenvalue weighted by Gasteiger charge is -2.09. The van der Waals surface area contributed by atoms with E-state index in [9.17, 15) is 9.59 Å². The normalized spacial score (nSPS) is 10.2. The smallest absolute Gasteiger partial charge is 0.337 e. The van der Waals surface area contributed by atoms with Crippen molar-refractivity contribution in [3.8, 4) is 0 Å². The lowest BCUT2D eigenvalue weighted by atomic mass is 10.3. The standard InChI is InChI=1S/C12H17N3O3/c1-8(2)15-11(16)5-6-13-10-4-3-9(7-14-10)12(17)18/h3-4,7-8H,5-6H2,1-2H3,(H,13,14)(H,15,16)(H,17,18). The van der Waals surface area contributed by atoms with E-state index in [1.54, 1.807) is 6.07 Å². The largest absolute Gasteiger partial charge is 0.478 e. The number of rotatable bonds is 6. The van der Waals surface area contributed by atoms with Crippen LogP contribution < -0.4 is 10.6 Å². The maximum Gasteiger partial charge on any atom is 0.337 e. The number of aromatic nitrogens is 1. The number of hydrogen-bond acceptors (Lipinski definition) is 4. The Labute approximate surface area is 105 Å². The van der Waals surface area contributed by atoms with E-state index in [-0.39, 0.29) is 17.5 Å². The second-order valence-corrected chi connectivity index (χ2v) is 4.14. The molecule has 1 heterocycles. The lowest BCUT2D eigenvalue weighted by molar-refractivity contribution is -0.121. The van der Waals surface area contributed by atoms with Gasteiger partial charge >= 0.3 is 5.97 Å². The molecular formula is C12H17N3O3. The van der Waals surface area contributed by atoms with Crippen LogP contribution in [-0.2, 0) is 4.79 Å².